The molecule has 4 nitrogen and oxygen atoms in total. The van der Waals surface area contributed by atoms with Crippen LogP contribution in [0.1, 0.15) is 44.1 Å². The fourth-order valence-electron chi connectivity index (χ4n) is 3.19. The van der Waals surface area contributed by atoms with Gasteiger partial charge in [0.2, 0.25) is 5.91 Å². The van der Waals surface area contributed by atoms with Gasteiger partial charge in [-0.25, -0.2) is 0 Å². The SMILES string of the molecule is COc1ccc(NC(=O)CC2(CN)CCCCC2)c(C)c1.Cl. The van der Waals surface area contributed by atoms with E-state index < -0.39 is 0 Å². The Labute approximate surface area is 139 Å². The van der Waals surface area contributed by atoms with Gasteiger partial charge < -0.3 is 15.8 Å². The third-order valence-corrected chi connectivity index (χ3v) is 4.59. The first-order valence-corrected chi connectivity index (χ1v) is 7.73. The van der Waals surface area contributed by atoms with Crippen LogP contribution in [0.2, 0.25) is 0 Å². The van der Waals surface area contributed by atoms with Crippen LogP contribution in [0.25, 0.3) is 0 Å². The number of carbonyl (C=O) groups is 1. The quantitative estimate of drug-likeness (QED) is 0.867. The number of hydrogen-bond acceptors (Lipinski definition) is 3. The maximum absolute atomic E-state index is 12.4. The van der Waals surface area contributed by atoms with Gasteiger partial charge in [-0.15, -0.1) is 12.4 Å². The number of amides is 1. The lowest BCUT2D eigenvalue weighted by Gasteiger charge is -2.35. The Morgan fingerprint density at radius 3 is 2.55 bits per heavy atom. The van der Waals surface area contributed by atoms with Crippen molar-refractivity contribution in [1.82, 2.24) is 0 Å². The molecule has 3 N–H and O–H groups in total. The van der Waals surface area contributed by atoms with Crippen LogP contribution in [-0.4, -0.2) is 19.6 Å². The molecule has 0 aromatic heterocycles. The Morgan fingerprint density at radius 1 is 1.32 bits per heavy atom. The number of nitrogens with two attached hydrogens (primary N) is 1. The summed E-state index contributed by atoms with van der Waals surface area (Å²) in [4.78, 5) is 12.4. The zero-order valence-electron chi connectivity index (χ0n) is 13.5. The van der Waals surface area contributed by atoms with Crippen molar-refractivity contribution in [2.75, 3.05) is 19.0 Å². The summed E-state index contributed by atoms with van der Waals surface area (Å²) < 4.78 is 5.18. The number of benzene rings is 1. The topological polar surface area (TPSA) is 64.3 Å². The number of aryl methyl sites for hydroxylation is 1. The van der Waals surface area contributed by atoms with Crippen LogP contribution < -0.4 is 15.8 Å². The average molecular weight is 327 g/mol. The maximum atomic E-state index is 12.4. The molecule has 0 spiro atoms. The second-order valence-corrected chi connectivity index (χ2v) is 6.17. The van der Waals surface area contributed by atoms with Gasteiger partial charge in [0, 0.05) is 12.1 Å². The molecule has 1 aromatic rings. The largest absolute Gasteiger partial charge is 0.497 e. The molecule has 0 unspecified atom stereocenters. The van der Waals surface area contributed by atoms with E-state index in [4.69, 9.17) is 10.5 Å². The third kappa shape index (κ3) is 4.62. The molecule has 22 heavy (non-hydrogen) atoms. The molecule has 5 heteroatoms. The van der Waals surface area contributed by atoms with Crippen molar-refractivity contribution < 1.29 is 9.53 Å². The summed E-state index contributed by atoms with van der Waals surface area (Å²) in [5.41, 5.74) is 7.81. The molecule has 124 valence electrons. The Morgan fingerprint density at radius 2 is 2.00 bits per heavy atom. The van der Waals surface area contributed by atoms with Crippen molar-refractivity contribution in [2.24, 2.45) is 11.1 Å². The molecule has 1 aliphatic rings. The number of rotatable bonds is 5. The second-order valence-electron chi connectivity index (χ2n) is 6.17. The average Bonchev–Trinajstić information content (AvgIpc) is 2.50. The molecule has 1 aliphatic carbocycles. The van der Waals surface area contributed by atoms with Gasteiger partial charge in [0.05, 0.1) is 7.11 Å². The van der Waals surface area contributed by atoms with Gasteiger partial charge in [0.25, 0.3) is 0 Å². The van der Waals surface area contributed by atoms with Crippen LogP contribution >= 0.6 is 12.4 Å². The number of hydrogen-bond donors (Lipinski definition) is 2. The predicted molar refractivity (Wildman–Crippen MR) is 92.8 cm³/mol. The van der Waals surface area contributed by atoms with Crippen LogP contribution in [0.3, 0.4) is 0 Å². The van der Waals surface area contributed by atoms with Gasteiger partial charge in [-0.1, -0.05) is 19.3 Å². The Hall–Kier alpha value is -1.26. The van der Waals surface area contributed by atoms with Gasteiger partial charge in [-0.05, 0) is 55.5 Å². The van der Waals surface area contributed by atoms with Crippen LogP contribution in [0.4, 0.5) is 5.69 Å². The minimum Gasteiger partial charge on any atom is -0.497 e. The third-order valence-electron chi connectivity index (χ3n) is 4.59. The minimum absolute atomic E-state index is 0. The molecule has 0 heterocycles. The Balaban J connectivity index is 0.00000242. The van der Waals surface area contributed by atoms with E-state index in [1.54, 1.807) is 7.11 Å². The number of carbonyl (C=O) groups excluding carboxylic acids is 1. The van der Waals surface area contributed by atoms with Crippen molar-refractivity contribution >= 4 is 24.0 Å². The normalized spacial score (nSPS) is 16.5. The molecule has 1 amide bonds. The minimum atomic E-state index is 0. The molecule has 0 radical (unpaired) electrons. The zero-order chi connectivity index (χ0) is 15.3. The molecule has 0 bridgehead atoms. The van der Waals surface area contributed by atoms with Crippen molar-refractivity contribution in [2.45, 2.75) is 45.4 Å². The second kappa shape index (κ2) is 8.39. The molecular weight excluding hydrogens is 300 g/mol. The standard InChI is InChI=1S/C17H26N2O2.ClH/c1-13-10-14(21-2)6-7-15(13)19-16(20)11-17(12-18)8-4-3-5-9-17;/h6-7,10H,3-5,8-9,11-12,18H2,1-2H3,(H,19,20);1H. The monoisotopic (exact) mass is 326 g/mol. The summed E-state index contributed by atoms with van der Waals surface area (Å²) >= 11 is 0. The predicted octanol–water partition coefficient (Wildman–Crippen LogP) is 3.66. The van der Waals surface area contributed by atoms with E-state index in [1.807, 2.05) is 25.1 Å². The van der Waals surface area contributed by atoms with E-state index in [1.165, 1.54) is 19.3 Å². The van der Waals surface area contributed by atoms with E-state index in [9.17, 15) is 4.79 Å². The summed E-state index contributed by atoms with van der Waals surface area (Å²) in [6.45, 7) is 2.57. The van der Waals surface area contributed by atoms with Gasteiger partial charge >= 0.3 is 0 Å². The zero-order valence-corrected chi connectivity index (χ0v) is 14.3. The van der Waals surface area contributed by atoms with Crippen molar-refractivity contribution in [1.29, 1.82) is 0 Å². The molecule has 2 rings (SSSR count). The smallest absolute Gasteiger partial charge is 0.224 e. The lowest BCUT2D eigenvalue weighted by molar-refractivity contribution is -0.118. The number of ether oxygens (including phenoxy) is 1. The molecule has 1 aromatic carbocycles. The van der Waals surface area contributed by atoms with Gasteiger partial charge in [-0.3, -0.25) is 4.79 Å². The highest BCUT2D eigenvalue weighted by Crippen LogP contribution is 2.38. The summed E-state index contributed by atoms with van der Waals surface area (Å²) in [6, 6.07) is 5.68. The highest BCUT2D eigenvalue weighted by atomic mass is 35.5. The maximum Gasteiger partial charge on any atom is 0.224 e. The van der Waals surface area contributed by atoms with Crippen molar-refractivity contribution in [3.05, 3.63) is 23.8 Å². The van der Waals surface area contributed by atoms with Crippen LogP contribution in [0.15, 0.2) is 18.2 Å². The van der Waals surface area contributed by atoms with Gasteiger partial charge in [0.1, 0.15) is 5.75 Å². The fourth-order valence-corrected chi connectivity index (χ4v) is 3.19. The Kier molecular flexibility index (Phi) is 7.17. The number of halogens is 1. The molecule has 1 saturated carbocycles. The molecule has 0 aliphatic heterocycles. The van der Waals surface area contributed by atoms with E-state index >= 15 is 0 Å². The van der Waals surface area contributed by atoms with E-state index in [2.05, 4.69) is 5.32 Å². The summed E-state index contributed by atoms with van der Waals surface area (Å²) in [5.74, 6) is 0.867. The summed E-state index contributed by atoms with van der Waals surface area (Å²) in [5, 5.41) is 3.02. The first-order valence-electron chi connectivity index (χ1n) is 7.73. The number of nitrogens with one attached hydrogen (secondary N) is 1. The van der Waals surface area contributed by atoms with Gasteiger partial charge in [0.15, 0.2) is 0 Å². The molecular formula is C17H27ClN2O2. The van der Waals surface area contributed by atoms with Crippen molar-refractivity contribution in [3.8, 4) is 5.75 Å². The van der Waals surface area contributed by atoms with E-state index in [-0.39, 0.29) is 23.7 Å². The molecule has 1 fully saturated rings. The first kappa shape index (κ1) is 18.8. The lowest BCUT2D eigenvalue weighted by atomic mass is 9.71. The first-order chi connectivity index (χ1) is 10.1. The highest BCUT2D eigenvalue weighted by molar-refractivity contribution is 5.92. The van der Waals surface area contributed by atoms with Crippen molar-refractivity contribution in [3.63, 3.8) is 0 Å². The van der Waals surface area contributed by atoms with Crippen LogP contribution in [-0.2, 0) is 4.79 Å². The fraction of sp³-hybridized carbons (Fsp3) is 0.588. The highest BCUT2D eigenvalue weighted by Gasteiger charge is 2.33. The van der Waals surface area contributed by atoms with E-state index in [0.29, 0.717) is 13.0 Å². The number of methoxy groups -OCH3 is 1. The molecule has 0 atom stereocenters. The summed E-state index contributed by atoms with van der Waals surface area (Å²) in [6.07, 6.45) is 6.30. The van der Waals surface area contributed by atoms with Gasteiger partial charge in [-0.2, -0.15) is 0 Å². The lowest BCUT2D eigenvalue weighted by Crippen LogP contribution is -2.36. The van der Waals surface area contributed by atoms with Crippen LogP contribution in [0, 0.1) is 12.3 Å². The molecule has 0 saturated heterocycles. The summed E-state index contributed by atoms with van der Waals surface area (Å²) in [7, 11) is 1.64. The van der Waals surface area contributed by atoms with Crippen LogP contribution in [0.5, 0.6) is 5.75 Å². The van der Waals surface area contributed by atoms with E-state index in [0.717, 1.165) is 29.8 Å². The number of anilines is 1. The Bertz CT molecular complexity index is 499.